The van der Waals surface area contributed by atoms with E-state index in [1.54, 1.807) is 0 Å². The van der Waals surface area contributed by atoms with Gasteiger partial charge in [0.25, 0.3) is 0 Å². The molecule has 1 aromatic rings. The lowest BCUT2D eigenvalue weighted by Crippen LogP contribution is -2.24. The van der Waals surface area contributed by atoms with E-state index >= 15 is 0 Å². The van der Waals surface area contributed by atoms with Crippen molar-refractivity contribution in [3.8, 4) is 0 Å². The second-order valence-electron chi connectivity index (χ2n) is 5.54. The van der Waals surface area contributed by atoms with Gasteiger partial charge in [-0.15, -0.1) is 0 Å². The van der Waals surface area contributed by atoms with Crippen LogP contribution in [0.5, 0.6) is 0 Å². The number of nitrogens with one attached hydrogen (secondary N) is 1. The van der Waals surface area contributed by atoms with Gasteiger partial charge >= 0.3 is 0 Å². The topological polar surface area (TPSA) is 39.1 Å². The number of rotatable bonds is 5. The number of nitrogens with zero attached hydrogens (tertiary/aromatic N) is 2. The van der Waals surface area contributed by atoms with Gasteiger partial charge in [-0.2, -0.15) is 5.10 Å². The van der Waals surface area contributed by atoms with Crippen molar-refractivity contribution in [3.63, 3.8) is 0 Å². The van der Waals surface area contributed by atoms with E-state index in [1.807, 2.05) is 13.3 Å². The standard InChI is InChI=1S/C14H25N3O/c1-11(2)15-8-12-9-16-17(10-12)13-5-4-6-14(7-13)18-3/h9-11,13-15H,4-8H2,1-3H3. The highest BCUT2D eigenvalue weighted by Crippen LogP contribution is 2.29. The average molecular weight is 251 g/mol. The van der Waals surface area contributed by atoms with Crippen LogP contribution in [0.25, 0.3) is 0 Å². The van der Waals surface area contributed by atoms with E-state index in [0.717, 1.165) is 13.0 Å². The third kappa shape index (κ3) is 3.56. The van der Waals surface area contributed by atoms with Crippen LogP contribution in [0.15, 0.2) is 12.4 Å². The molecule has 2 atom stereocenters. The van der Waals surface area contributed by atoms with Gasteiger partial charge in [-0.05, 0) is 25.7 Å². The van der Waals surface area contributed by atoms with Crippen molar-refractivity contribution < 1.29 is 4.74 Å². The van der Waals surface area contributed by atoms with E-state index in [0.29, 0.717) is 18.2 Å². The molecule has 0 bridgehead atoms. The zero-order valence-electron chi connectivity index (χ0n) is 11.7. The Hall–Kier alpha value is -0.870. The van der Waals surface area contributed by atoms with Crippen LogP contribution in [-0.2, 0) is 11.3 Å². The first kappa shape index (κ1) is 13.6. The summed E-state index contributed by atoms with van der Waals surface area (Å²) >= 11 is 0. The number of ether oxygens (including phenoxy) is 1. The predicted molar refractivity (Wildman–Crippen MR) is 72.5 cm³/mol. The van der Waals surface area contributed by atoms with Gasteiger partial charge in [0, 0.05) is 31.5 Å². The van der Waals surface area contributed by atoms with Crippen LogP contribution in [0.1, 0.15) is 51.1 Å². The molecule has 0 aromatic carbocycles. The van der Waals surface area contributed by atoms with Gasteiger partial charge in [0.15, 0.2) is 0 Å². The largest absolute Gasteiger partial charge is 0.381 e. The summed E-state index contributed by atoms with van der Waals surface area (Å²) in [5.74, 6) is 0. The van der Waals surface area contributed by atoms with E-state index in [1.165, 1.54) is 24.8 Å². The molecule has 1 aliphatic carbocycles. The molecule has 2 unspecified atom stereocenters. The number of hydrogen-bond donors (Lipinski definition) is 1. The number of methoxy groups -OCH3 is 1. The average Bonchev–Trinajstić information content (AvgIpc) is 2.85. The SMILES string of the molecule is COC1CCCC(n2cc(CNC(C)C)cn2)C1. The molecule has 1 fully saturated rings. The van der Waals surface area contributed by atoms with Gasteiger partial charge in [-0.1, -0.05) is 13.8 Å². The zero-order chi connectivity index (χ0) is 13.0. The van der Waals surface area contributed by atoms with Crippen LogP contribution in [0.3, 0.4) is 0 Å². The first-order chi connectivity index (χ1) is 8.69. The van der Waals surface area contributed by atoms with Crippen molar-refractivity contribution in [2.75, 3.05) is 7.11 Å². The summed E-state index contributed by atoms with van der Waals surface area (Å²) in [5.41, 5.74) is 1.27. The number of hydrogen-bond acceptors (Lipinski definition) is 3. The molecule has 0 radical (unpaired) electrons. The minimum absolute atomic E-state index is 0.408. The van der Waals surface area contributed by atoms with Gasteiger partial charge in [0.1, 0.15) is 0 Å². The molecular formula is C14H25N3O. The lowest BCUT2D eigenvalue weighted by Gasteiger charge is -2.28. The van der Waals surface area contributed by atoms with Crippen LogP contribution in [-0.4, -0.2) is 29.0 Å². The van der Waals surface area contributed by atoms with E-state index < -0.39 is 0 Å². The molecule has 1 N–H and O–H groups in total. The van der Waals surface area contributed by atoms with Crippen LogP contribution in [0, 0.1) is 0 Å². The van der Waals surface area contributed by atoms with Crippen LogP contribution >= 0.6 is 0 Å². The Balaban J connectivity index is 1.92. The Kier molecular flexibility index (Phi) is 4.78. The fourth-order valence-electron chi connectivity index (χ4n) is 2.56. The Labute approximate surface area is 110 Å². The minimum Gasteiger partial charge on any atom is -0.381 e. The second-order valence-corrected chi connectivity index (χ2v) is 5.54. The van der Waals surface area contributed by atoms with Crippen molar-refractivity contribution in [1.82, 2.24) is 15.1 Å². The molecule has 0 aliphatic heterocycles. The van der Waals surface area contributed by atoms with Crippen LogP contribution in [0.4, 0.5) is 0 Å². The molecule has 2 rings (SSSR count). The van der Waals surface area contributed by atoms with E-state index in [4.69, 9.17) is 4.74 Å². The highest BCUT2D eigenvalue weighted by atomic mass is 16.5. The van der Waals surface area contributed by atoms with E-state index in [-0.39, 0.29) is 0 Å². The lowest BCUT2D eigenvalue weighted by atomic mass is 9.93. The van der Waals surface area contributed by atoms with Gasteiger partial charge in [-0.3, -0.25) is 4.68 Å². The molecule has 102 valence electrons. The molecule has 0 saturated heterocycles. The maximum Gasteiger partial charge on any atom is 0.0591 e. The van der Waals surface area contributed by atoms with Gasteiger partial charge < -0.3 is 10.1 Å². The summed E-state index contributed by atoms with van der Waals surface area (Å²) in [6, 6.07) is 1.03. The van der Waals surface area contributed by atoms with Crippen molar-refractivity contribution >= 4 is 0 Å². The zero-order valence-corrected chi connectivity index (χ0v) is 11.7. The van der Waals surface area contributed by atoms with Crippen molar-refractivity contribution in [2.45, 2.75) is 64.3 Å². The summed E-state index contributed by atoms with van der Waals surface area (Å²) in [7, 11) is 1.81. The number of aromatic nitrogens is 2. The molecule has 0 amide bonds. The summed E-state index contributed by atoms with van der Waals surface area (Å²) in [5, 5.41) is 7.93. The van der Waals surface area contributed by atoms with Gasteiger partial charge in [0.2, 0.25) is 0 Å². The normalized spacial score (nSPS) is 24.7. The van der Waals surface area contributed by atoms with E-state index in [2.05, 4.69) is 35.1 Å². The first-order valence-electron chi connectivity index (χ1n) is 6.98. The third-order valence-corrected chi connectivity index (χ3v) is 3.68. The fourth-order valence-corrected chi connectivity index (χ4v) is 2.56. The molecular weight excluding hydrogens is 226 g/mol. The van der Waals surface area contributed by atoms with Crippen LogP contribution < -0.4 is 5.32 Å². The van der Waals surface area contributed by atoms with Crippen molar-refractivity contribution in [3.05, 3.63) is 18.0 Å². The van der Waals surface area contributed by atoms with E-state index in [9.17, 15) is 0 Å². The Morgan fingerprint density at radius 2 is 2.33 bits per heavy atom. The Morgan fingerprint density at radius 1 is 1.50 bits per heavy atom. The minimum atomic E-state index is 0.408. The summed E-state index contributed by atoms with van der Waals surface area (Å²) in [6.07, 6.45) is 9.31. The van der Waals surface area contributed by atoms with Crippen molar-refractivity contribution in [1.29, 1.82) is 0 Å². The quantitative estimate of drug-likeness (QED) is 0.874. The molecule has 1 heterocycles. The molecule has 1 aromatic heterocycles. The molecule has 4 heteroatoms. The fraction of sp³-hybridized carbons (Fsp3) is 0.786. The smallest absolute Gasteiger partial charge is 0.0591 e. The maximum atomic E-state index is 5.48. The maximum absolute atomic E-state index is 5.48. The Bertz CT molecular complexity index is 362. The monoisotopic (exact) mass is 251 g/mol. The van der Waals surface area contributed by atoms with Crippen molar-refractivity contribution in [2.24, 2.45) is 0 Å². The van der Waals surface area contributed by atoms with Gasteiger partial charge in [0.05, 0.1) is 18.3 Å². The lowest BCUT2D eigenvalue weighted by molar-refractivity contribution is 0.0508. The highest BCUT2D eigenvalue weighted by molar-refractivity contribution is 5.04. The summed E-state index contributed by atoms with van der Waals surface area (Å²) in [4.78, 5) is 0. The van der Waals surface area contributed by atoms with Gasteiger partial charge in [-0.25, -0.2) is 0 Å². The predicted octanol–water partition coefficient (Wildman–Crippen LogP) is 2.51. The third-order valence-electron chi connectivity index (χ3n) is 3.68. The van der Waals surface area contributed by atoms with Crippen LogP contribution in [0.2, 0.25) is 0 Å². The molecule has 1 saturated carbocycles. The Morgan fingerprint density at radius 3 is 3.06 bits per heavy atom. The second kappa shape index (κ2) is 6.34. The highest BCUT2D eigenvalue weighted by Gasteiger charge is 2.23. The molecule has 18 heavy (non-hydrogen) atoms. The molecule has 1 aliphatic rings. The molecule has 4 nitrogen and oxygen atoms in total. The summed E-state index contributed by atoms with van der Waals surface area (Å²) in [6.45, 7) is 5.22. The summed E-state index contributed by atoms with van der Waals surface area (Å²) < 4.78 is 7.60. The molecule has 0 spiro atoms. The first-order valence-corrected chi connectivity index (χ1v) is 6.98.